The van der Waals surface area contributed by atoms with Crippen LogP contribution in [0.15, 0.2) is 77.4 Å². The number of amides is 1. The Morgan fingerprint density at radius 3 is 2.50 bits per heavy atom. The smallest absolute Gasteiger partial charge is 0.329 e. The zero-order chi connectivity index (χ0) is 21.2. The van der Waals surface area contributed by atoms with Gasteiger partial charge in [-0.05, 0) is 41.8 Å². The molecule has 0 radical (unpaired) electrons. The molecule has 2 aromatic carbocycles. The second-order valence-corrected chi connectivity index (χ2v) is 6.71. The fourth-order valence-electron chi connectivity index (χ4n) is 2.94. The van der Waals surface area contributed by atoms with Crippen molar-refractivity contribution >= 4 is 11.9 Å². The van der Waals surface area contributed by atoms with Crippen LogP contribution in [0, 0.1) is 0 Å². The van der Waals surface area contributed by atoms with Crippen molar-refractivity contribution in [3.63, 3.8) is 0 Å². The summed E-state index contributed by atoms with van der Waals surface area (Å²) in [5, 5.41) is 2.69. The third-order valence-electron chi connectivity index (χ3n) is 4.52. The molecule has 1 N–H and O–H groups in total. The van der Waals surface area contributed by atoms with Gasteiger partial charge in [0.25, 0.3) is 5.91 Å². The summed E-state index contributed by atoms with van der Waals surface area (Å²) in [6.07, 6.45) is 2.64. The van der Waals surface area contributed by atoms with Gasteiger partial charge in [0.15, 0.2) is 5.76 Å². The van der Waals surface area contributed by atoms with Crippen LogP contribution in [0.1, 0.15) is 28.6 Å². The van der Waals surface area contributed by atoms with Gasteiger partial charge in [-0.2, -0.15) is 0 Å². The van der Waals surface area contributed by atoms with Crippen molar-refractivity contribution in [1.82, 2.24) is 5.32 Å². The van der Waals surface area contributed by atoms with Crippen LogP contribution >= 0.6 is 0 Å². The van der Waals surface area contributed by atoms with Crippen LogP contribution in [-0.2, 0) is 22.4 Å². The lowest BCUT2D eigenvalue weighted by Crippen LogP contribution is -2.43. The second kappa shape index (κ2) is 10.9. The molecule has 0 aliphatic carbocycles. The Bertz CT molecular complexity index is 937. The summed E-state index contributed by atoms with van der Waals surface area (Å²) >= 11 is 0. The number of carbonyl (C=O) groups excluding carboxylic acids is 2. The summed E-state index contributed by atoms with van der Waals surface area (Å²) in [6, 6.07) is 19.5. The van der Waals surface area contributed by atoms with Crippen LogP contribution in [0.25, 0.3) is 0 Å². The number of hydrogen-bond acceptors (Lipinski definition) is 5. The average Bonchev–Trinajstić information content (AvgIpc) is 3.32. The van der Waals surface area contributed by atoms with Gasteiger partial charge in [-0.1, -0.05) is 49.4 Å². The average molecular weight is 407 g/mol. The molecule has 1 heterocycles. The highest BCUT2D eigenvalue weighted by molar-refractivity contribution is 5.94. The van der Waals surface area contributed by atoms with Crippen LogP contribution in [0.3, 0.4) is 0 Å². The fraction of sp³-hybridized carbons (Fsp3) is 0.250. The van der Waals surface area contributed by atoms with Gasteiger partial charge in [0.2, 0.25) is 0 Å². The lowest BCUT2D eigenvalue weighted by atomic mass is 10.1. The summed E-state index contributed by atoms with van der Waals surface area (Å²) < 4.78 is 16.1. The zero-order valence-electron chi connectivity index (χ0n) is 16.9. The molecular weight excluding hydrogens is 382 g/mol. The van der Waals surface area contributed by atoms with Gasteiger partial charge in [-0.3, -0.25) is 4.79 Å². The molecule has 1 amide bonds. The predicted molar refractivity (Wildman–Crippen MR) is 112 cm³/mol. The molecule has 0 bridgehead atoms. The Morgan fingerprint density at radius 1 is 0.967 bits per heavy atom. The third kappa shape index (κ3) is 6.24. The summed E-state index contributed by atoms with van der Waals surface area (Å²) in [7, 11) is 0. The number of rotatable bonds is 10. The third-order valence-corrected chi connectivity index (χ3v) is 4.52. The number of benzene rings is 2. The lowest BCUT2D eigenvalue weighted by molar-refractivity contribution is -0.146. The van der Waals surface area contributed by atoms with Crippen molar-refractivity contribution in [2.24, 2.45) is 0 Å². The molecule has 0 spiro atoms. The SMILES string of the molecule is CCc1cccc(OCCOC(=O)C(Cc2ccccc2)NC(=O)c2ccco2)c1. The number of carbonyl (C=O) groups is 2. The number of furan rings is 1. The van der Waals surface area contributed by atoms with Crippen molar-refractivity contribution in [1.29, 1.82) is 0 Å². The number of nitrogens with one attached hydrogen (secondary N) is 1. The van der Waals surface area contributed by atoms with E-state index in [0.717, 1.165) is 17.7 Å². The molecule has 1 unspecified atom stereocenters. The van der Waals surface area contributed by atoms with Crippen LogP contribution in [0.2, 0.25) is 0 Å². The molecule has 3 rings (SSSR count). The molecule has 6 nitrogen and oxygen atoms in total. The van der Waals surface area contributed by atoms with Crippen molar-refractivity contribution in [3.05, 3.63) is 89.9 Å². The summed E-state index contributed by atoms with van der Waals surface area (Å²) in [4.78, 5) is 25.0. The normalized spacial score (nSPS) is 11.5. The molecule has 0 aliphatic heterocycles. The predicted octanol–water partition coefficient (Wildman–Crippen LogP) is 3.81. The van der Waals surface area contributed by atoms with Gasteiger partial charge in [-0.25, -0.2) is 4.79 Å². The number of ether oxygens (including phenoxy) is 2. The Balaban J connectivity index is 1.56. The Hall–Kier alpha value is -3.54. The minimum Gasteiger partial charge on any atom is -0.490 e. The molecule has 1 aromatic heterocycles. The molecule has 3 aromatic rings. The first-order valence-corrected chi connectivity index (χ1v) is 9.92. The van der Waals surface area contributed by atoms with E-state index in [-0.39, 0.29) is 19.0 Å². The molecule has 0 aliphatic rings. The minimum atomic E-state index is -0.839. The standard InChI is InChI=1S/C24H25NO5/c1-2-18-10-6-11-20(16-18)28-14-15-30-24(27)21(17-19-8-4-3-5-9-19)25-23(26)22-12-7-13-29-22/h3-13,16,21H,2,14-15,17H2,1H3,(H,25,26). The van der Waals surface area contributed by atoms with Gasteiger partial charge in [-0.15, -0.1) is 0 Å². The fourth-order valence-corrected chi connectivity index (χ4v) is 2.94. The van der Waals surface area contributed by atoms with E-state index in [1.165, 1.54) is 11.8 Å². The summed E-state index contributed by atoms with van der Waals surface area (Å²) in [5.41, 5.74) is 2.08. The quantitative estimate of drug-likeness (QED) is 0.409. The van der Waals surface area contributed by atoms with Crippen molar-refractivity contribution in [2.75, 3.05) is 13.2 Å². The van der Waals surface area contributed by atoms with Crippen molar-refractivity contribution < 1.29 is 23.5 Å². The first kappa shape index (κ1) is 21.2. The van der Waals surface area contributed by atoms with Crippen LogP contribution in [-0.4, -0.2) is 31.1 Å². The van der Waals surface area contributed by atoms with E-state index < -0.39 is 17.9 Å². The number of aryl methyl sites for hydroxylation is 1. The highest BCUT2D eigenvalue weighted by Crippen LogP contribution is 2.13. The molecule has 30 heavy (non-hydrogen) atoms. The van der Waals surface area contributed by atoms with Crippen LogP contribution < -0.4 is 10.1 Å². The van der Waals surface area contributed by atoms with Gasteiger partial charge in [0, 0.05) is 6.42 Å². The highest BCUT2D eigenvalue weighted by atomic mass is 16.6. The van der Waals surface area contributed by atoms with Gasteiger partial charge in [0.1, 0.15) is 25.0 Å². The van der Waals surface area contributed by atoms with E-state index in [4.69, 9.17) is 13.9 Å². The Morgan fingerprint density at radius 2 is 1.77 bits per heavy atom. The molecule has 1 atom stereocenters. The minimum absolute atomic E-state index is 0.0805. The first-order chi connectivity index (χ1) is 14.7. The van der Waals surface area contributed by atoms with Gasteiger partial charge in [0.05, 0.1) is 6.26 Å². The maximum absolute atomic E-state index is 12.6. The summed E-state index contributed by atoms with van der Waals surface area (Å²) in [6.45, 7) is 2.38. The number of hydrogen-bond donors (Lipinski definition) is 1. The molecule has 0 fully saturated rings. The molecule has 156 valence electrons. The van der Waals surface area contributed by atoms with Crippen molar-refractivity contribution in [2.45, 2.75) is 25.8 Å². The van der Waals surface area contributed by atoms with Gasteiger partial charge < -0.3 is 19.2 Å². The van der Waals surface area contributed by atoms with E-state index >= 15 is 0 Å². The second-order valence-electron chi connectivity index (χ2n) is 6.71. The summed E-state index contributed by atoms with van der Waals surface area (Å²) in [5.74, 6) is -0.118. The molecule has 6 heteroatoms. The van der Waals surface area contributed by atoms with E-state index in [1.807, 2.05) is 54.6 Å². The van der Waals surface area contributed by atoms with E-state index in [2.05, 4.69) is 12.2 Å². The Labute approximate surface area is 175 Å². The zero-order valence-corrected chi connectivity index (χ0v) is 16.9. The first-order valence-electron chi connectivity index (χ1n) is 9.92. The monoisotopic (exact) mass is 407 g/mol. The van der Waals surface area contributed by atoms with E-state index in [1.54, 1.807) is 12.1 Å². The topological polar surface area (TPSA) is 77.8 Å². The highest BCUT2D eigenvalue weighted by Gasteiger charge is 2.24. The van der Waals surface area contributed by atoms with Crippen molar-refractivity contribution in [3.8, 4) is 5.75 Å². The van der Waals surface area contributed by atoms with E-state index in [0.29, 0.717) is 6.42 Å². The number of esters is 1. The van der Waals surface area contributed by atoms with Gasteiger partial charge >= 0.3 is 5.97 Å². The Kier molecular flexibility index (Phi) is 7.66. The molecule has 0 saturated heterocycles. The molecule has 0 saturated carbocycles. The molecular formula is C24H25NO5. The lowest BCUT2D eigenvalue weighted by Gasteiger charge is -2.17. The maximum Gasteiger partial charge on any atom is 0.329 e. The largest absolute Gasteiger partial charge is 0.490 e. The van der Waals surface area contributed by atoms with Crippen LogP contribution in [0.4, 0.5) is 0 Å². The maximum atomic E-state index is 12.6. The van der Waals surface area contributed by atoms with Crippen LogP contribution in [0.5, 0.6) is 5.75 Å². The van der Waals surface area contributed by atoms with E-state index in [9.17, 15) is 9.59 Å².